The summed E-state index contributed by atoms with van der Waals surface area (Å²) in [6, 6.07) is 7.95. The molecule has 1 aromatic carbocycles. The largest absolute Gasteiger partial charge is 0.369 e. The fraction of sp³-hybridized carbons (Fsp3) is 0.250. The lowest BCUT2D eigenvalue weighted by atomic mass is 9.92. The summed E-state index contributed by atoms with van der Waals surface area (Å²) in [4.78, 5) is 34.4. The average Bonchev–Trinajstić information content (AvgIpc) is 2.82. The molecule has 0 bridgehead atoms. The van der Waals surface area contributed by atoms with Crippen LogP contribution >= 0.6 is 0 Å². The van der Waals surface area contributed by atoms with Gasteiger partial charge in [0.25, 0.3) is 5.91 Å². The molecule has 4 heterocycles. The van der Waals surface area contributed by atoms with Gasteiger partial charge < -0.3 is 10.6 Å². The third-order valence-corrected chi connectivity index (χ3v) is 5.78. The topological polar surface area (TPSA) is 106 Å². The molecule has 4 aromatic rings. The van der Waals surface area contributed by atoms with E-state index in [9.17, 15) is 4.79 Å². The van der Waals surface area contributed by atoms with Crippen LogP contribution in [0.2, 0.25) is 0 Å². The van der Waals surface area contributed by atoms with Crippen molar-refractivity contribution in [3.63, 3.8) is 0 Å². The van der Waals surface area contributed by atoms with Crippen LogP contribution in [0.15, 0.2) is 49.2 Å². The third kappa shape index (κ3) is 3.75. The summed E-state index contributed by atoms with van der Waals surface area (Å²) in [5.41, 5.74) is 5.34. The van der Waals surface area contributed by atoms with Gasteiger partial charge in [-0.15, -0.1) is 0 Å². The molecule has 3 aromatic heterocycles. The lowest BCUT2D eigenvalue weighted by Crippen LogP contribution is -2.32. The van der Waals surface area contributed by atoms with Crippen LogP contribution in [0.25, 0.3) is 22.2 Å². The van der Waals surface area contributed by atoms with E-state index in [4.69, 9.17) is 4.98 Å². The number of aryl methyl sites for hydroxylation is 1. The smallest absolute Gasteiger partial charge is 0.252 e. The first-order valence-electron chi connectivity index (χ1n) is 10.6. The number of hydrogen-bond donors (Lipinski definition) is 2. The van der Waals surface area contributed by atoms with Crippen LogP contribution in [0.1, 0.15) is 40.2 Å². The van der Waals surface area contributed by atoms with Gasteiger partial charge in [-0.2, -0.15) is 0 Å². The molecule has 1 unspecified atom stereocenters. The summed E-state index contributed by atoms with van der Waals surface area (Å²) in [6.45, 7) is 5.31. The third-order valence-electron chi connectivity index (χ3n) is 5.78. The zero-order valence-electron chi connectivity index (χ0n) is 18.0. The van der Waals surface area contributed by atoms with Crippen molar-refractivity contribution >= 4 is 22.6 Å². The van der Waals surface area contributed by atoms with Gasteiger partial charge in [0.1, 0.15) is 18.0 Å². The maximum atomic E-state index is 12.5. The molecule has 1 aliphatic rings. The van der Waals surface area contributed by atoms with Gasteiger partial charge in [0, 0.05) is 54.6 Å². The Bertz CT molecular complexity index is 1300. The molecule has 1 atom stereocenters. The van der Waals surface area contributed by atoms with Crippen molar-refractivity contribution in [2.75, 3.05) is 18.4 Å². The summed E-state index contributed by atoms with van der Waals surface area (Å²) < 4.78 is 0. The van der Waals surface area contributed by atoms with Gasteiger partial charge in [0.05, 0.1) is 16.8 Å². The lowest BCUT2D eigenvalue weighted by Gasteiger charge is -2.20. The predicted octanol–water partition coefficient (Wildman–Crippen LogP) is 3.29. The number of carbonyl (C=O) groups excluding carboxylic acids is 1. The highest BCUT2D eigenvalue weighted by Crippen LogP contribution is 2.29. The highest BCUT2D eigenvalue weighted by atomic mass is 16.1. The van der Waals surface area contributed by atoms with E-state index in [2.05, 4.69) is 43.6 Å². The zero-order valence-corrected chi connectivity index (χ0v) is 18.0. The van der Waals surface area contributed by atoms with Crippen LogP contribution < -0.4 is 10.6 Å². The van der Waals surface area contributed by atoms with E-state index in [1.165, 1.54) is 6.33 Å². The maximum absolute atomic E-state index is 12.5. The highest BCUT2D eigenvalue weighted by Gasteiger charge is 2.22. The molecule has 0 fully saturated rings. The van der Waals surface area contributed by atoms with Crippen molar-refractivity contribution in [3.8, 4) is 11.3 Å². The number of aromatic nitrogens is 5. The minimum absolute atomic E-state index is 0.0184. The molecule has 1 aliphatic heterocycles. The van der Waals surface area contributed by atoms with E-state index in [1.807, 2.05) is 31.3 Å². The van der Waals surface area contributed by atoms with Crippen molar-refractivity contribution in [2.24, 2.45) is 0 Å². The molecule has 8 heteroatoms. The highest BCUT2D eigenvalue weighted by molar-refractivity contribution is 6.08. The maximum Gasteiger partial charge on any atom is 0.252 e. The van der Waals surface area contributed by atoms with Gasteiger partial charge in [-0.1, -0.05) is 25.1 Å². The summed E-state index contributed by atoms with van der Waals surface area (Å²) in [5, 5.41) is 7.26. The number of para-hydroxylation sites is 1. The Morgan fingerprint density at radius 3 is 2.78 bits per heavy atom. The van der Waals surface area contributed by atoms with E-state index in [0.717, 1.165) is 56.9 Å². The number of carbonyl (C=O) groups is 1. The first-order valence-corrected chi connectivity index (χ1v) is 10.6. The lowest BCUT2D eigenvalue weighted by molar-refractivity contribution is 0.0947. The molecule has 32 heavy (non-hydrogen) atoms. The van der Waals surface area contributed by atoms with Crippen molar-refractivity contribution < 1.29 is 4.79 Å². The number of benzene rings is 1. The monoisotopic (exact) mass is 425 g/mol. The van der Waals surface area contributed by atoms with E-state index in [1.54, 1.807) is 12.4 Å². The van der Waals surface area contributed by atoms with E-state index in [-0.39, 0.29) is 11.8 Å². The fourth-order valence-corrected chi connectivity index (χ4v) is 4.05. The fourth-order valence-electron chi connectivity index (χ4n) is 4.05. The molecule has 0 saturated carbocycles. The molecule has 8 nitrogen and oxygen atoms in total. The number of amides is 1. The van der Waals surface area contributed by atoms with Crippen LogP contribution in [-0.2, 0) is 6.42 Å². The number of hydrogen-bond acceptors (Lipinski definition) is 7. The molecular weight excluding hydrogens is 402 g/mol. The van der Waals surface area contributed by atoms with Crippen molar-refractivity contribution in [3.05, 3.63) is 71.7 Å². The number of anilines is 1. The normalized spacial score (nSPS) is 14.0. The molecule has 0 spiro atoms. The van der Waals surface area contributed by atoms with Gasteiger partial charge in [0.2, 0.25) is 0 Å². The molecule has 160 valence electrons. The minimum Gasteiger partial charge on any atom is -0.369 e. The molecule has 0 saturated heterocycles. The standard InChI is InChI=1S/C24H23N7O/c1-14(9-28-21-8-20(30-13-31-21)17-11-26-15(2)27-12-17)18-4-3-5-19-22-16(10-29-23(18)19)6-7-25-24(22)32/h3-5,8,10-14H,6-7,9H2,1-2H3,(H,25,32)(H,28,30,31). The number of nitrogens with one attached hydrogen (secondary N) is 2. The first-order chi connectivity index (χ1) is 15.6. The number of fused-ring (bicyclic) bond motifs is 3. The Hall–Kier alpha value is -3.94. The van der Waals surface area contributed by atoms with Gasteiger partial charge in [0.15, 0.2) is 0 Å². The first kappa shape index (κ1) is 20.0. The van der Waals surface area contributed by atoms with E-state index in [0.29, 0.717) is 13.1 Å². The van der Waals surface area contributed by atoms with Gasteiger partial charge >= 0.3 is 0 Å². The second-order valence-electron chi connectivity index (χ2n) is 8.00. The SMILES string of the molecule is Cc1ncc(-c2cc(NCC(C)c3cccc4c5c(cnc34)CCNC5=O)ncn2)cn1. The molecule has 1 amide bonds. The van der Waals surface area contributed by atoms with Gasteiger partial charge in [-0.25, -0.2) is 19.9 Å². The minimum atomic E-state index is -0.0184. The quantitative estimate of drug-likeness (QED) is 0.505. The van der Waals surface area contributed by atoms with Crippen LogP contribution in [0.3, 0.4) is 0 Å². The molecular formula is C24H23N7O. The molecule has 2 N–H and O–H groups in total. The van der Waals surface area contributed by atoms with Crippen molar-refractivity contribution in [2.45, 2.75) is 26.2 Å². The Morgan fingerprint density at radius 2 is 1.94 bits per heavy atom. The Kier molecular flexibility index (Phi) is 5.18. The van der Waals surface area contributed by atoms with Crippen LogP contribution in [0.5, 0.6) is 0 Å². The summed E-state index contributed by atoms with van der Waals surface area (Å²) in [5.74, 6) is 1.58. The Balaban J connectivity index is 1.38. The van der Waals surface area contributed by atoms with Crippen molar-refractivity contribution in [1.82, 2.24) is 30.2 Å². The average molecular weight is 425 g/mol. The van der Waals surface area contributed by atoms with Crippen LogP contribution in [0.4, 0.5) is 5.82 Å². The molecule has 0 aliphatic carbocycles. The van der Waals surface area contributed by atoms with Gasteiger partial charge in [-0.3, -0.25) is 9.78 Å². The summed E-state index contributed by atoms with van der Waals surface area (Å²) in [6.07, 6.45) is 7.71. The Morgan fingerprint density at radius 1 is 1.09 bits per heavy atom. The second-order valence-corrected chi connectivity index (χ2v) is 8.00. The number of rotatable bonds is 5. The van der Waals surface area contributed by atoms with Crippen LogP contribution in [-0.4, -0.2) is 43.9 Å². The second kappa shape index (κ2) is 8.30. The molecule has 0 radical (unpaired) electrons. The summed E-state index contributed by atoms with van der Waals surface area (Å²) >= 11 is 0. The Labute approximate surface area is 185 Å². The van der Waals surface area contributed by atoms with E-state index < -0.39 is 0 Å². The number of nitrogens with zero attached hydrogens (tertiary/aromatic N) is 5. The van der Waals surface area contributed by atoms with E-state index >= 15 is 0 Å². The number of pyridine rings is 1. The molecule has 5 rings (SSSR count). The van der Waals surface area contributed by atoms with Crippen LogP contribution in [0, 0.1) is 6.92 Å². The van der Waals surface area contributed by atoms with Crippen molar-refractivity contribution in [1.29, 1.82) is 0 Å². The predicted molar refractivity (Wildman–Crippen MR) is 122 cm³/mol. The summed E-state index contributed by atoms with van der Waals surface area (Å²) in [7, 11) is 0. The van der Waals surface area contributed by atoms with Gasteiger partial charge in [-0.05, 0) is 24.5 Å². The zero-order chi connectivity index (χ0) is 22.1.